The van der Waals surface area contributed by atoms with Crippen molar-refractivity contribution in [3.05, 3.63) is 60.2 Å². The molecular weight excluding hydrogens is 418 g/mol. The predicted molar refractivity (Wildman–Crippen MR) is 126 cm³/mol. The van der Waals surface area contributed by atoms with Gasteiger partial charge in [0.05, 0.1) is 4.90 Å². The minimum Gasteiger partial charge on any atom is -0.375 e. The van der Waals surface area contributed by atoms with Crippen molar-refractivity contribution in [2.45, 2.75) is 30.7 Å². The normalized spacial score (nSPS) is 12.4. The van der Waals surface area contributed by atoms with E-state index in [1.807, 2.05) is 50.6 Å². The van der Waals surface area contributed by atoms with Gasteiger partial charge in [-0.3, -0.25) is 4.79 Å². The molecule has 0 radical (unpaired) electrons. The Morgan fingerprint density at radius 1 is 1.10 bits per heavy atom. The van der Waals surface area contributed by atoms with E-state index in [-0.39, 0.29) is 10.8 Å². The smallest absolute Gasteiger partial charge is 0.241 e. The maximum absolute atomic E-state index is 12.7. The van der Waals surface area contributed by atoms with E-state index in [0.29, 0.717) is 18.7 Å². The molecular formula is C22H31N3O3S2. The van der Waals surface area contributed by atoms with Crippen molar-refractivity contribution in [3.63, 3.8) is 0 Å². The molecule has 1 amide bonds. The average molecular weight is 450 g/mol. The fourth-order valence-corrected chi connectivity index (χ4v) is 4.62. The predicted octanol–water partition coefficient (Wildman–Crippen LogP) is 3.04. The third kappa shape index (κ3) is 7.66. The van der Waals surface area contributed by atoms with Crippen LogP contribution in [-0.4, -0.2) is 52.5 Å². The van der Waals surface area contributed by atoms with Gasteiger partial charge < -0.3 is 10.2 Å². The number of rotatable bonds is 12. The Bertz CT molecular complexity index is 888. The van der Waals surface area contributed by atoms with E-state index in [1.165, 1.54) is 0 Å². The molecule has 2 aromatic carbocycles. The molecule has 2 rings (SSSR count). The number of aryl methyl sites for hydroxylation is 1. The van der Waals surface area contributed by atoms with Crippen LogP contribution in [0, 0.1) is 6.92 Å². The molecule has 0 spiro atoms. The van der Waals surface area contributed by atoms with Gasteiger partial charge in [0.1, 0.15) is 6.04 Å². The fraction of sp³-hybridized carbons (Fsp3) is 0.409. The molecule has 0 saturated carbocycles. The first-order valence-corrected chi connectivity index (χ1v) is 12.8. The molecule has 0 heterocycles. The molecule has 0 bridgehead atoms. The summed E-state index contributed by atoms with van der Waals surface area (Å²) in [5.74, 6) is 0.396. The van der Waals surface area contributed by atoms with E-state index in [9.17, 15) is 13.2 Å². The van der Waals surface area contributed by atoms with Crippen LogP contribution in [0.2, 0.25) is 0 Å². The maximum Gasteiger partial charge on any atom is 0.241 e. The molecule has 164 valence electrons. The van der Waals surface area contributed by atoms with E-state index in [1.54, 1.807) is 36.0 Å². The lowest BCUT2D eigenvalue weighted by Crippen LogP contribution is -2.47. The third-order valence-corrected chi connectivity index (χ3v) is 6.85. The fourth-order valence-electron chi connectivity index (χ4n) is 2.91. The van der Waals surface area contributed by atoms with Crippen molar-refractivity contribution in [2.75, 3.05) is 37.0 Å². The second kappa shape index (κ2) is 12.0. The van der Waals surface area contributed by atoms with Crippen LogP contribution in [0.25, 0.3) is 0 Å². The molecule has 0 saturated heterocycles. The van der Waals surface area contributed by atoms with Gasteiger partial charge in [-0.25, -0.2) is 8.42 Å². The Morgan fingerprint density at radius 2 is 1.77 bits per heavy atom. The van der Waals surface area contributed by atoms with Crippen molar-refractivity contribution < 1.29 is 13.2 Å². The Hall–Kier alpha value is -2.03. The highest BCUT2D eigenvalue weighted by Crippen LogP contribution is 2.13. The van der Waals surface area contributed by atoms with Gasteiger partial charge in [0.2, 0.25) is 15.9 Å². The highest BCUT2D eigenvalue weighted by molar-refractivity contribution is 7.98. The Labute approximate surface area is 184 Å². The minimum atomic E-state index is -3.76. The van der Waals surface area contributed by atoms with Crippen LogP contribution in [-0.2, 0) is 14.8 Å². The zero-order valence-corrected chi connectivity index (χ0v) is 19.4. The van der Waals surface area contributed by atoms with Crippen LogP contribution in [0.1, 0.15) is 18.4 Å². The van der Waals surface area contributed by atoms with E-state index >= 15 is 0 Å². The number of hydrogen-bond acceptors (Lipinski definition) is 5. The molecule has 1 atom stereocenters. The molecule has 0 aromatic heterocycles. The standard InChI is InChI=1S/C22H31N3O3S2/c1-18-10-12-20(13-11-18)30(27,28)24-21(14-17-29-3)22(26)23-15-7-16-25(2)19-8-5-4-6-9-19/h4-6,8-13,21,24H,7,14-17H2,1-3H3,(H,23,26). The number of carbonyl (C=O) groups excluding carboxylic acids is 1. The van der Waals surface area contributed by atoms with Crippen molar-refractivity contribution in [1.82, 2.24) is 10.0 Å². The van der Waals surface area contributed by atoms with Gasteiger partial charge >= 0.3 is 0 Å². The maximum atomic E-state index is 12.7. The van der Waals surface area contributed by atoms with Crippen molar-refractivity contribution in [2.24, 2.45) is 0 Å². The largest absolute Gasteiger partial charge is 0.375 e. The molecule has 8 heteroatoms. The SMILES string of the molecule is CSCCC(NS(=O)(=O)c1ccc(C)cc1)C(=O)NCCCN(C)c1ccccc1. The van der Waals surface area contributed by atoms with Crippen LogP contribution >= 0.6 is 11.8 Å². The van der Waals surface area contributed by atoms with E-state index in [2.05, 4.69) is 14.9 Å². The number of nitrogens with zero attached hydrogens (tertiary/aromatic N) is 1. The molecule has 1 unspecified atom stereocenters. The lowest BCUT2D eigenvalue weighted by Gasteiger charge is -2.21. The van der Waals surface area contributed by atoms with Crippen LogP contribution in [0.5, 0.6) is 0 Å². The zero-order valence-electron chi connectivity index (χ0n) is 17.8. The van der Waals surface area contributed by atoms with Crippen LogP contribution in [0.3, 0.4) is 0 Å². The third-order valence-electron chi connectivity index (χ3n) is 4.72. The summed E-state index contributed by atoms with van der Waals surface area (Å²) in [5.41, 5.74) is 2.10. The van der Waals surface area contributed by atoms with Crippen LogP contribution in [0.4, 0.5) is 5.69 Å². The average Bonchev–Trinajstić information content (AvgIpc) is 2.74. The van der Waals surface area contributed by atoms with Gasteiger partial charge in [-0.05, 0) is 56.0 Å². The number of hydrogen-bond donors (Lipinski definition) is 2. The number of anilines is 1. The highest BCUT2D eigenvalue weighted by atomic mass is 32.2. The number of thioether (sulfide) groups is 1. The number of sulfonamides is 1. The summed E-state index contributed by atoms with van der Waals surface area (Å²) >= 11 is 1.58. The zero-order chi connectivity index (χ0) is 22.0. The van der Waals surface area contributed by atoms with Gasteiger partial charge in [-0.2, -0.15) is 16.5 Å². The summed E-state index contributed by atoms with van der Waals surface area (Å²) in [5, 5.41) is 2.88. The monoisotopic (exact) mass is 449 g/mol. The molecule has 0 fully saturated rings. The number of amides is 1. The molecule has 0 aliphatic heterocycles. The van der Waals surface area contributed by atoms with E-state index in [4.69, 9.17) is 0 Å². The van der Waals surface area contributed by atoms with Crippen LogP contribution in [0.15, 0.2) is 59.5 Å². The summed E-state index contributed by atoms with van der Waals surface area (Å²) in [6.45, 7) is 3.17. The quantitative estimate of drug-likeness (QED) is 0.487. The van der Waals surface area contributed by atoms with Crippen molar-refractivity contribution >= 4 is 33.4 Å². The van der Waals surface area contributed by atoms with Gasteiger partial charge in [-0.15, -0.1) is 0 Å². The minimum absolute atomic E-state index is 0.166. The van der Waals surface area contributed by atoms with Crippen molar-refractivity contribution in [3.8, 4) is 0 Å². The first-order valence-electron chi connectivity index (χ1n) is 9.95. The summed E-state index contributed by atoms with van der Waals surface area (Å²) < 4.78 is 28.0. The second-order valence-corrected chi connectivity index (χ2v) is 9.87. The van der Waals surface area contributed by atoms with Gasteiger partial charge in [0.15, 0.2) is 0 Å². The Balaban J connectivity index is 1.90. The molecule has 2 aromatic rings. The second-order valence-electron chi connectivity index (χ2n) is 7.17. The highest BCUT2D eigenvalue weighted by Gasteiger charge is 2.25. The van der Waals surface area contributed by atoms with Crippen LogP contribution < -0.4 is 14.9 Å². The number of carbonyl (C=O) groups is 1. The molecule has 30 heavy (non-hydrogen) atoms. The number of nitrogens with one attached hydrogen (secondary N) is 2. The lowest BCUT2D eigenvalue weighted by molar-refractivity contribution is -0.122. The molecule has 6 nitrogen and oxygen atoms in total. The van der Waals surface area contributed by atoms with Crippen molar-refractivity contribution in [1.29, 1.82) is 0 Å². The van der Waals surface area contributed by atoms with Gasteiger partial charge in [-0.1, -0.05) is 35.9 Å². The van der Waals surface area contributed by atoms with Gasteiger partial charge in [0.25, 0.3) is 0 Å². The summed E-state index contributed by atoms with van der Waals surface area (Å²) in [7, 11) is -1.75. The van der Waals surface area contributed by atoms with Gasteiger partial charge in [0, 0.05) is 25.8 Å². The topological polar surface area (TPSA) is 78.5 Å². The van der Waals surface area contributed by atoms with E-state index in [0.717, 1.165) is 24.2 Å². The summed E-state index contributed by atoms with van der Waals surface area (Å²) in [6.07, 6.45) is 3.13. The number of benzene rings is 2. The Kier molecular flexibility index (Phi) is 9.68. The molecule has 2 N–H and O–H groups in total. The Morgan fingerprint density at radius 3 is 2.40 bits per heavy atom. The molecule has 0 aliphatic carbocycles. The lowest BCUT2D eigenvalue weighted by atomic mass is 10.2. The first kappa shape index (κ1) is 24.2. The summed E-state index contributed by atoms with van der Waals surface area (Å²) in [6, 6.07) is 15.8. The molecule has 0 aliphatic rings. The first-order chi connectivity index (χ1) is 14.3. The van der Waals surface area contributed by atoms with E-state index < -0.39 is 16.1 Å². The number of para-hydroxylation sites is 1. The summed E-state index contributed by atoms with van der Waals surface area (Å²) in [4.78, 5) is 15.0.